The molecule has 2 aromatic rings. The first-order valence-corrected chi connectivity index (χ1v) is 6.57. The first-order valence-electron chi connectivity index (χ1n) is 5.38. The highest BCUT2D eigenvalue weighted by Gasteiger charge is 2.12. The summed E-state index contributed by atoms with van der Waals surface area (Å²) in [7, 11) is 1.32. The van der Waals surface area contributed by atoms with E-state index >= 15 is 0 Å². The number of ether oxygens (including phenoxy) is 1. The molecule has 0 aliphatic carbocycles. The van der Waals surface area contributed by atoms with Crippen LogP contribution < -0.4 is 5.73 Å². The van der Waals surface area contributed by atoms with Crippen LogP contribution in [0.25, 0.3) is 0 Å². The van der Waals surface area contributed by atoms with Gasteiger partial charge in [0, 0.05) is 16.8 Å². The lowest BCUT2D eigenvalue weighted by molar-refractivity contribution is 0.0601. The van der Waals surface area contributed by atoms with Crippen LogP contribution in [0.5, 0.6) is 0 Å². The number of benzene rings is 1. The summed E-state index contributed by atoms with van der Waals surface area (Å²) in [6.07, 6.45) is 1.66. The Bertz CT molecular complexity index is 619. The lowest BCUT2D eigenvalue weighted by Crippen LogP contribution is -2.05. The van der Waals surface area contributed by atoms with E-state index in [4.69, 9.17) is 17.3 Å². The minimum absolute atomic E-state index is 0.333. The molecule has 19 heavy (non-hydrogen) atoms. The molecule has 4 nitrogen and oxygen atoms in total. The number of carbonyl (C=O) groups excluding carboxylic acids is 1. The van der Waals surface area contributed by atoms with Crippen LogP contribution in [0.3, 0.4) is 0 Å². The lowest BCUT2D eigenvalue weighted by atomic mass is 10.2. The molecule has 1 aromatic carbocycles. The molecular formula is C13H11ClN2O2S. The average Bonchev–Trinajstić information content (AvgIpc) is 2.42. The monoisotopic (exact) mass is 294 g/mol. The largest absolute Gasteiger partial charge is 0.465 e. The summed E-state index contributed by atoms with van der Waals surface area (Å²) >= 11 is 7.39. The van der Waals surface area contributed by atoms with Crippen LogP contribution in [0, 0.1) is 0 Å². The van der Waals surface area contributed by atoms with Gasteiger partial charge < -0.3 is 10.5 Å². The molecule has 1 aromatic heterocycles. The van der Waals surface area contributed by atoms with Gasteiger partial charge in [-0.05, 0) is 30.3 Å². The smallest absolute Gasteiger partial charge is 0.339 e. The zero-order valence-electron chi connectivity index (χ0n) is 10.1. The molecule has 0 saturated carbocycles. The summed E-state index contributed by atoms with van der Waals surface area (Å²) in [5, 5.41) is 1.23. The maximum Gasteiger partial charge on any atom is 0.339 e. The first-order chi connectivity index (χ1) is 9.11. The third kappa shape index (κ3) is 3.19. The summed E-state index contributed by atoms with van der Waals surface area (Å²) in [4.78, 5) is 16.5. The van der Waals surface area contributed by atoms with Crippen molar-refractivity contribution in [1.29, 1.82) is 0 Å². The molecule has 0 amide bonds. The highest BCUT2D eigenvalue weighted by Crippen LogP contribution is 2.32. The van der Waals surface area contributed by atoms with Crippen LogP contribution in [-0.4, -0.2) is 18.1 Å². The van der Waals surface area contributed by atoms with Gasteiger partial charge in [0.25, 0.3) is 0 Å². The number of hydrogen-bond donors (Lipinski definition) is 1. The van der Waals surface area contributed by atoms with E-state index in [-0.39, 0.29) is 0 Å². The molecule has 0 unspecified atom stereocenters. The molecule has 0 fully saturated rings. The maximum atomic E-state index is 11.6. The van der Waals surface area contributed by atoms with Gasteiger partial charge in [0.15, 0.2) is 0 Å². The van der Waals surface area contributed by atoms with Crippen molar-refractivity contribution in [3.05, 3.63) is 47.1 Å². The molecule has 2 rings (SSSR count). The summed E-state index contributed by atoms with van der Waals surface area (Å²) in [5.41, 5.74) is 6.45. The number of halogens is 1. The number of methoxy groups -OCH3 is 1. The molecule has 0 radical (unpaired) electrons. The van der Waals surface area contributed by atoms with Crippen molar-refractivity contribution in [3.8, 4) is 0 Å². The number of rotatable bonds is 3. The molecular weight excluding hydrogens is 284 g/mol. The number of esters is 1. The molecule has 0 spiro atoms. The Morgan fingerprint density at radius 2 is 2.21 bits per heavy atom. The molecule has 0 aliphatic rings. The standard InChI is InChI=1S/C13H11ClN2O2S/c1-18-13(17)9-7-8(4-5-11(9)15)19-12-10(14)3-2-6-16-12/h2-7H,15H2,1H3. The third-order valence-corrected chi connectivity index (χ3v) is 3.79. The van der Waals surface area contributed by atoms with Crippen molar-refractivity contribution in [3.63, 3.8) is 0 Å². The second-order valence-corrected chi connectivity index (χ2v) is 5.10. The number of nitrogens with zero attached hydrogens (tertiary/aromatic N) is 1. The summed E-state index contributed by atoms with van der Waals surface area (Å²) in [6.45, 7) is 0. The van der Waals surface area contributed by atoms with Gasteiger partial charge in [-0.3, -0.25) is 0 Å². The van der Waals surface area contributed by atoms with Crippen molar-refractivity contribution in [2.75, 3.05) is 12.8 Å². The molecule has 0 atom stereocenters. The molecule has 0 saturated heterocycles. The predicted molar refractivity (Wildman–Crippen MR) is 75.6 cm³/mol. The second-order valence-electron chi connectivity index (χ2n) is 3.63. The molecule has 98 valence electrons. The van der Waals surface area contributed by atoms with Crippen LogP contribution in [0.15, 0.2) is 46.5 Å². The van der Waals surface area contributed by atoms with Crippen LogP contribution in [0.4, 0.5) is 5.69 Å². The Morgan fingerprint density at radius 3 is 2.89 bits per heavy atom. The number of pyridine rings is 1. The van der Waals surface area contributed by atoms with Crippen molar-refractivity contribution in [2.45, 2.75) is 9.92 Å². The van der Waals surface area contributed by atoms with Crippen molar-refractivity contribution >= 4 is 35.0 Å². The normalized spacial score (nSPS) is 10.2. The zero-order chi connectivity index (χ0) is 13.8. The van der Waals surface area contributed by atoms with E-state index in [0.29, 0.717) is 21.3 Å². The number of nitrogens with two attached hydrogens (primary N) is 1. The van der Waals surface area contributed by atoms with Gasteiger partial charge in [0.1, 0.15) is 5.03 Å². The minimum Gasteiger partial charge on any atom is -0.465 e. The Hall–Kier alpha value is -1.72. The van der Waals surface area contributed by atoms with Crippen molar-refractivity contribution < 1.29 is 9.53 Å². The van der Waals surface area contributed by atoms with E-state index in [1.807, 2.05) is 0 Å². The molecule has 2 N–H and O–H groups in total. The maximum absolute atomic E-state index is 11.6. The van der Waals surface area contributed by atoms with Crippen LogP contribution in [-0.2, 0) is 4.74 Å². The third-order valence-electron chi connectivity index (χ3n) is 2.37. The topological polar surface area (TPSA) is 65.2 Å². The predicted octanol–water partition coefficient (Wildman–Crippen LogP) is 3.26. The number of nitrogen functional groups attached to an aromatic ring is 1. The van der Waals surface area contributed by atoms with Gasteiger partial charge in [-0.15, -0.1) is 0 Å². The van der Waals surface area contributed by atoms with Gasteiger partial charge in [-0.2, -0.15) is 0 Å². The van der Waals surface area contributed by atoms with E-state index in [9.17, 15) is 4.79 Å². The lowest BCUT2D eigenvalue weighted by Gasteiger charge is -2.07. The summed E-state index contributed by atoms with van der Waals surface area (Å²) < 4.78 is 4.68. The second kappa shape index (κ2) is 5.95. The number of aromatic nitrogens is 1. The number of hydrogen-bond acceptors (Lipinski definition) is 5. The van der Waals surface area contributed by atoms with E-state index in [2.05, 4.69) is 9.72 Å². The van der Waals surface area contributed by atoms with E-state index < -0.39 is 5.97 Å². The molecule has 0 aliphatic heterocycles. The Labute approximate surface area is 119 Å². The van der Waals surface area contributed by atoms with Crippen LogP contribution in [0.1, 0.15) is 10.4 Å². The SMILES string of the molecule is COC(=O)c1cc(Sc2ncccc2Cl)ccc1N. The molecule has 0 bridgehead atoms. The Kier molecular flexibility index (Phi) is 4.29. The highest BCUT2D eigenvalue weighted by molar-refractivity contribution is 7.99. The summed E-state index contributed by atoms with van der Waals surface area (Å²) in [5.74, 6) is -0.466. The Morgan fingerprint density at radius 1 is 1.42 bits per heavy atom. The van der Waals surface area contributed by atoms with Gasteiger partial charge in [-0.25, -0.2) is 9.78 Å². The zero-order valence-corrected chi connectivity index (χ0v) is 11.7. The molecule has 6 heteroatoms. The minimum atomic E-state index is -0.466. The number of carbonyl (C=O) groups is 1. The number of anilines is 1. The first kappa shape index (κ1) is 13.7. The summed E-state index contributed by atoms with van der Waals surface area (Å²) in [6, 6.07) is 8.64. The van der Waals surface area contributed by atoms with Gasteiger partial charge in [-0.1, -0.05) is 23.4 Å². The fourth-order valence-electron chi connectivity index (χ4n) is 1.44. The fraction of sp³-hybridized carbons (Fsp3) is 0.0769. The fourth-order valence-corrected chi connectivity index (χ4v) is 2.50. The van der Waals surface area contributed by atoms with Gasteiger partial charge in [0.2, 0.25) is 0 Å². The highest BCUT2D eigenvalue weighted by atomic mass is 35.5. The van der Waals surface area contributed by atoms with Gasteiger partial charge >= 0.3 is 5.97 Å². The quantitative estimate of drug-likeness (QED) is 0.695. The van der Waals surface area contributed by atoms with Crippen molar-refractivity contribution in [1.82, 2.24) is 4.98 Å². The Balaban J connectivity index is 2.32. The van der Waals surface area contributed by atoms with E-state index in [1.54, 1.807) is 36.5 Å². The van der Waals surface area contributed by atoms with E-state index in [0.717, 1.165) is 4.90 Å². The molecule has 1 heterocycles. The van der Waals surface area contributed by atoms with E-state index in [1.165, 1.54) is 18.9 Å². The van der Waals surface area contributed by atoms with Crippen LogP contribution in [0.2, 0.25) is 5.02 Å². The van der Waals surface area contributed by atoms with Gasteiger partial charge in [0.05, 0.1) is 17.7 Å². The average molecular weight is 295 g/mol. The van der Waals surface area contributed by atoms with Crippen LogP contribution >= 0.6 is 23.4 Å². The van der Waals surface area contributed by atoms with Crippen molar-refractivity contribution in [2.24, 2.45) is 0 Å².